The van der Waals surface area contributed by atoms with Crippen molar-refractivity contribution in [1.29, 1.82) is 0 Å². The van der Waals surface area contributed by atoms with Gasteiger partial charge in [0.15, 0.2) is 0 Å². The molecule has 3 aromatic rings. The molecule has 2 aromatic carbocycles. The van der Waals surface area contributed by atoms with Gasteiger partial charge >= 0.3 is 0 Å². The fourth-order valence-electron chi connectivity index (χ4n) is 2.19. The Bertz CT molecular complexity index is 923. The highest BCUT2D eigenvalue weighted by atomic mass is 79.9. The topological polar surface area (TPSA) is 80.9 Å². The zero-order valence-corrected chi connectivity index (χ0v) is 13.7. The van der Waals surface area contributed by atoms with E-state index in [4.69, 9.17) is 5.73 Å². The molecule has 1 heterocycles. The van der Waals surface area contributed by atoms with Gasteiger partial charge in [-0.2, -0.15) is 0 Å². The molecule has 0 spiro atoms. The van der Waals surface area contributed by atoms with E-state index in [1.165, 1.54) is 6.33 Å². The molecule has 0 saturated heterocycles. The van der Waals surface area contributed by atoms with E-state index in [9.17, 15) is 4.79 Å². The summed E-state index contributed by atoms with van der Waals surface area (Å²) < 4.78 is 0.943. The minimum absolute atomic E-state index is 0.268. The minimum atomic E-state index is -0.543. The van der Waals surface area contributed by atoms with Gasteiger partial charge in [0.05, 0.1) is 5.52 Å². The predicted octanol–water partition coefficient (Wildman–Crippen LogP) is 3.63. The zero-order chi connectivity index (χ0) is 16.4. The molecule has 6 heteroatoms. The van der Waals surface area contributed by atoms with Crippen molar-refractivity contribution in [3.63, 3.8) is 0 Å². The molecule has 114 valence electrons. The molecule has 0 aliphatic rings. The van der Waals surface area contributed by atoms with Crippen molar-refractivity contribution in [2.24, 2.45) is 5.73 Å². The Morgan fingerprint density at radius 3 is 2.78 bits per heavy atom. The largest absolute Gasteiger partial charge is 0.366 e. The summed E-state index contributed by atoms with van der Waals surface area (Å²) in [6.45, 7) is 3.70. The highest BCUT2D eigenvalue weighted by molar-refractivity contribution is 9.10. The normalized spacial score (nSPS) is 10.5. The number of primary amides is 1. The van der Waals surface area contributed by atoms with Gasteiger partial charge in [0.2, 0.25) is 5.91 Å². The van der Waals surface area contributed by atoms with Crippen LogP contribution in [0.1, 0.15) is 5.56 Å². The number of nitrogens with two attached hydrogens (primary N) is 1. The van der Waals surface area contributed by atoms with Gasteiger partial charge in [-0.05, 0) is 35.9 Å². The number of carbonyl (C=O) groups excluding carboxylic acids is 1. The molecule has 0 fully saturated rings. The first-order valence-corrected chi connectivity index (χ1v) is 7.60. The van der Waals surface area contributed by atoms with Crippen molar-refractivity contribution in [1.82, 2.24) is 9.97 Å². The number of amides is 1. The van der Waals surface area contributed by atoms with Gasteiger partial charge < -0.3 is 11.1 Å². The van der Waals surface area contributed by atoms with Crippen LogP contribution in [0.15, 0.2) is 59.8 Å². The summed E-state index contributed by atoms with van der Waals surface area (Å²) >= 11 is 3.45. The summed E-state index contributed by atoms with van der Waals surface area (Å²) in [5.41, 5.74) is 7.83. The van der Waals surface area contributed by atoms with Gasteiger partial charge in [-0.15, -0.1) is 0 Å². The third kappa shape index (κ3) is 3.22. The molecule has 0 atom stereocenters. The first-order valence-electron chi connectivity index (χ1n) is 6.81. The SMILES string of the molecule is C=C(C(N)=O)c1cccc(Nc2ncnc3ccc(Br)cc23)c1. The Kier molecular flexibility index (Phi) is 4.08. The lowest BCUT2D eigenvalue weighted by atomic mass is 10.1. The number of aromatic nitrogens is 2. The van der Waals surface area contributed by atoms with Crippen LogP contribution in [0.5, 0.6) is 0 Å². The van der Waals surface area contributed by atoms with Crippen molar-refractivity contribution in [3.05, 3.63) is 65.4 Å². The predicted molar refractivity (Wildman–Crippen MR) is 95.2 cm³/mol. The molecule has 0 aliphatic carbocycles. The molecule has 0 aliphatic heterocycles. The number of fused-ring (bicyclic) bond motifs is 1. The third-order valence-corrected chi connectivity index (χ3v) is 3.86. The smallest absolute Gasteiger partial charge is 0.248 e. The van der Waals surface area contributed by atoms with Crippen LogP contribution in [-0.4, -0.2) is 15.9 Å². The summed E-state index contributed by atoms with van der Waals surface area (Å²) in [5.74, 6) is 0.136. The fourth-order valence-corrected chi connectivity index (χ4v) is 2.55. The van der Waals surface area contributed by atoms with Crippen LogP contribution < -0.4 is 11.1 Å². The van der Waals surface area contributed by atoms with Crippen LogP contribution in [0.25, 0.3) is 16.5 Å². The maximum absolute atomic E-state index is 11.3. The Labute approximate surface area is 141 Å². The number of hydrogen-bond donors (Lipinski definition) is 2. The van der Waals surface area contributed by atoms with Crippen LogP contribution >= 0.6 is 15.9 Å². The molecule has 0 saturated carbocycles. The summed E-state index contributed by atoms with van der Waals surface area (Å²) in [6.07, 6.45) is 1.50. The summed E-state index contributed by atoms with van der Waals surface area (Å²) in [4.78, 5) is 19.8. The maximum atomic E-state index is 11.3. The molecule has 1 amide bonds. The van der Waals surface area contributed by atoms with Crippen LogP contribution in [0.3, 0.4) is 0 Å². The van der Waals surface area contributed by atoms with E-state index < -0.39 is 5.91 Å². The number of rotatable bonds is 4. The number of benzene rings is 2. The van der Waals surface area contributed by atoms with Crippen LogP contribution in [0.2, 0.25) is 0 Å². The number of hydrogen-bond acceptors (Lipinski definition) is 4. The molecular formula is C17H13BrN4O. The Balaban J connectivity index is 2.00. The fraction of sp³-hybridized carbons (Fsp3) is 0. The maximum Gasteiger partial charge on any atom is 0.248 e. The Morgan fingerprint density at radius 2 is 2.00 bits per heavy atom. The average Bonchev–Trinajstić information content (AvgIpc) is 2.55. The van der Waals surface area contributed by atoms with Gasteiger partial charge in [-0.25, -0.2) is 9.97 Å². The lowest BCUT2D eigenvalue weighted by molar-refractivity contribution is -0.112. The molecule has 0 bridgehead atoms. The van der Waals surface area contributed by atoms with Crippen LogP contribution in [0.4, 0.5) is 11.5 Å². The van der Waals surface area contributed by atoms with Gasteiger partial charge in [0.25, 0.3) is 0 Å². The summed E-state index contributed by atoms with van der Waals surface area (Å²) in [6, 6.07) is 13.1. The number of anilines is 2. The van der Waals surface area contributed by atoms with Gasteiger partial charge in [0, 0.05) is 21.1 Å². The lowest BCUT2D eigenvalue weighted by Crippen LogP contribution is -2.12. The molecular weight excluding hydrogens is 356 g/mol. The standard InChI is InChI=1S/C17H13BrN4O/c1-10(16(19)23)11-3-2-4-13(7-11)22-17-14-8-12(18)5-6-15(14)20-9-21-17/h2-9H,1H2,(H2,19,23)(H,20,21,22). The molecule has 23 heavy (non-hydrogen) atoms. The zero-order valence-electron chi connectivity index (χ0n) is 12.1. The molecule has 0 unspecified atom stereocenters. The van der Waals surface area contributed by atoms with Crippen molar-refractivity contribution in [3.8, 4) is 0 Å². The second-order valence-electron chi connectivity index (χ2n) is 4.93. The number of nitrogens with one attached hydrogen (secondary N) is 1. The van der Waals surface area contributed by atoms with E-state index in [1.54, 1.807) is 12.1 Å². The Hall–Kier alpha value is -2.73. The monoisotopic (exact) mass is 368 g/mol. The van der Waals surface area contributed by atoms with Crippen molar-refractivity contribution in [2.45, 2.75) is 0 Å². The van der Waals surface area contributed by atoms with Gasteiger partial charge in [0.1, 0.15) is 12.1 Å². The Morgan fingerprint density at radius 1 is 1.17 bits per heavy atom. The first-order chi connectivity index (χ1) is 11.0. The molecule has 3 rings (SSSR count). The van der Waals surface area contributed by atoms with Gasteiger partial charge in [-0.3, -0.25) is 4.79 Å². The number of carbonyl (C=O) groups is 1. The average molecular weight is 369 g/mol. The van der Waals surface area contributed by atoms with Gasteiger partial charge in [-0.1, -0.05) is 34.6 Å². The van der Waals surface area contributed by atoms with Crippen molar-refractivity contribution >= 4 is 49.8 Å². The van der Waals surface area contributed by atoms with E-state index in [0.29, 0.717) is 11.4 Å². The van der Waals surface area contributed by atoms with E-state index in [-0.39, 0.29) is 5.57 Å². The lowest BCUT2D eigenvalue weighted by Gasteiger charge is -2.10. The number of halogens is 1. The molecule has 5 nitrogen and oxygen atoms in total. The summed E-state index contributed by atoms with van der Waals surface area (Å²) in [5, 5.41) is 4.13. The molecule has 1 aromatic heterocycles. The second-order valence-corrected chi connectivity index (χ2v) is 5.85. The third-order valence-electron chi connectivity index (χ3n) is 3.37. The highest BCUT2D eigenvalue weighted by Gasteiger charge is 2.08. The van der Waals surface area contributed by atoms with Crippen molar-refractivity contribution in [2.75, 3.05) is 5.32 Å². The molecule has 3 N–H and O–H groups in total. The second kappa shape index (κ2) is 6.18. The van der Waals surface area contributed by atoms with Crippen LogP contribution in [0, 0.1) is 0 Å². The van der Waals surface area contributed by atoms with E-state index in [2.05, 4.69) is 37.8 Å². The van der Waals surface area contributed by atoms with E-state index in [0.717, 1.165) is 21.1 Å². The van der Waals surface area contributed by atoms with E-state index >= 15 is 0 Å². The number of nitrogens with zero attached hydrogens (tertiary/aromatic N) is 2. The van der Waals surface area contributed by atoms with E-state index in [1.807, 2.05) is 30.3 Å². The minimum Gasteiger partial charge on any atom is -0.366 e. The quantitative estimate of drug-likeness (QED) is 0.688. The van der Waals surface area contributed by atoms with Crippen LogP contribution in [-0.2, 0) is 4.79 Å². The van der Waals surface area contributed by atoms with Crippen molar-refractivity contribution < 1.29 is 4.79 Å². The first kappa shape index (κ1) is 15.2. The summed E-state index contributed by atoms with van der Waals surface area (Å²) in [7, 11) is 0. The molecule has 0 radical (unpaired) electrons. The highest BCUT2D eigenvalue weighted by Crippen LogP contribution is 2.27.